The second kappa shape index (κ2) is 7.34. The number of hydrogen-bond acceptors (Lipinski definition) is 3. The summed E-state index contributed by atoms with van der Waals surface area (Å²) in [4.78, 5) is 2.35. The van der Waals surface area contributed by atoms with Crippen LogP contribution in [0, 0.1) is 5.41 Å². The summed E-state index contributed by atoms with van der Waals surface area (Å²) in [7, 11) is 2.16. The van der Waals surface area contributed by atoms with Gasteiger partial charge in [-0.25, -0.2) is 0 Å². The number of nitrogens with one attached hydrogen (secondary N) is 1. The predicted molar refractivity (Wildman–Crippen MR) is 75.4 cm³/mol. The van der Waals surface area contributed by atoms with E-state index in [-0.39, 0.29) is 12.1 Å². The van der Waals surface area contributed by atoms with Crippen molar-refractivity contribution in [2.45, 2.75) is 53.0 Å². The van der Waals surface area contributed by atoms with Crippen LogP contribution in [0.5, 0.6) is 0 Å². The lowest BCUT2D eigenvalue weighted by molar-refractivity contribution is 0.141. The van der Waals surface area contributed by atoms with Crippen molar-refractivity contribution in [1.29, 1.82) is 0 Å². The third-order valence-corrected chi connectivity index (χ3v) is 2.94. The highest BCUT2D eigenvalue weighted by Crippen LogP contribution is 2.16. The molecule has 0 aromatic rings. The van der Waals surface area contributed by atoms with Gasteiger partial charge in [-0.15, -0.1) is 0 Å². The van der Waals surface area contributed by atoms with E-state index in [0.717, 1.165) is 32.5 Å². The molecule has 3 heteroatoms. The van der Waals surface area contributed by atoms with Crippen LogP contribution in [-0.2, 0) is 0 Å². The Bertz CT molecular complexity index is 201. The number of aliphatic hydroxyl groups is 1. The maximum absolute atomic E-state index is 9.48. The molecule has 0 amide bonds. The summed E-state index contributed by atoms with van der Waals surface area (Å²) in [5.41, 5.74) is 0.198. The fraction of sp³-hybridized carbons (Fsp3) is 1.00. The average molecular weight is 244 g/mol. The van der Waals surface area contributed by atoms with Crippen LogP contribution in [0.25, 0.3) is 0 Å². The first-order valence-corrected chi connectivity index (χ1v) is 6.77. The van der Waals surface area contributed by atoms with E-state index >= 15 is 0 Å². The van der Waals surface area contributed by atoms with Crippen molar-refractivity contribution in [1.82, 2.24) is 10.2 Å². The zero-order valence-corrected chi connectivity index (χ0v) is 12.6. The van der Waals surface area contributed by atoms with Crippen molar-refractivity contribution in [3.8, 4) is 0 Å². The standard InChI is InChI=1S/C14H32N2O/c1-7-9-15-14(5,12-17)8-10-16(6)11-13(2,3)4/h15,17H,7-12H2,1-6H3. The topological polar surface area (TPSA) is 35.5 Å². The molecule has 0 spiro atoms. The quantitative estimate of drug-likeness (QED) is 0.686. The van der Waals surface area contributed by atoms with E-state index in [1.807, 2.05) is 0 Å². The van der Waals surface area contributed by atoms with Crippen molar-refractivity contribution in [3.63, 3.8) is 0 Å². The minimum absolute atomic E-state index is 0.137. The Hall–Kier alpha value is -0.120. The molecule has 0 saturated carbocycles. The second-order valence-corrected chi connectivity index (χ2v) is 6.69. The van der Waals surface area contributed by atoms with Gasteiger partial charge in [0.05, 0.1) is 6.61 Å². The molecule has 0 aliphatic rings. The zero-order valence-electron chi connectivity index (χ0n) is 12.6. The summed E-state index contributed by atoms with van der Waals surface area (Å²) in [6.45, 7) is 14.3. The normalized spacial score (nSPS) is 16.2. The van der Waals surface area contributed by atoms with Gasteiger partial charge in [0.2, 0.25) is 0 Å². The van der Waals surface area contributed by atoms with Crippen LogP contribution in [-0.4, -0.2) is 48.8 Å². The average Bonchev–Trinajstić information content (AvgIpc) is 2.21. The smallest absolute Gasteiger partial charge is 0.0611 e. The van der Waals surface area contributed by atoms with Crippen molar-refractivity contribution in [3.05, 3.63) is 0 Å². The van der Waals surface area contributed by atoms with Gasteiger partial charge < -0.3 is 15.3 Å². The first-order chi connectivity index (χ1) is 7.72. The fourth-order valence-corrected chi connectivity index (χ4v) is 1.98. The highest BCUT2D eigenvalue weighted by molar-refractivity contribution is 4.83. The van der Waals surface area contributed by atoms with Gasteiger partial charge in [0.25, 0.3) is 0 Å². The van der Waals surface area contributed by atoms with Gasteiger partial charge in [-0.3, -0.25) is 0 Å². The molecule has 2 N–H and O–H groups in total. The summed E-state index contributed by atoms with van der Waals surface area (Å²) in [6.07, 6.45) is 2.09. The van der Waals surface area contributed by atoms with Gasteiger partial charge >= 0.3 is 0 Å². The molecule has 104 valence electrons. The Balaban J connectivity index is 4.04. The summed E-state index contributed by atoms with van der Waals surface area (Å²) >= 11 is 0. The Morgan fingerprint density at radius 1 is 1.18 bits per heavy atom. The summed E-state index contributed by atoms with van der Waals surface area (Å²) in [5, 5.41) is 12.9. The van der Waals surface area contributed by atoms with Crippen LogP contribution in [0.2, 0.25) is 0 Å². The van der Waals surface area contributed by atoms with E-state index in [1.165, 1.54) is 0 Å². The molecule has 0 rings (SSSR count). The SMILES string of the molecule is CCCNC(C)(CO)CCN(C)CC(C)(C)C. The number of aliphatic hydroxyl groups excluding tert-OH is 1. The van der Waals surface area contributed by atoms with Gasteiger partial charge in [-0.2, -0.15) is 0 Å². The third-order valence-electron chi connectivity index (χ3n) is 2.94. The fourth-order valence-electron chi connectivity index (χ4n) is 1.98. The minimum Gasteiger partial charge on any atom is -0.394 e. The molecule has 3 nitrogen and oxygen atoms in total. The van der Waals surface area contributed by atoms with Crippen molar-refractivity contribution in [2.75, 3.05) is 33.3 Å². The zero-order chi connectivity index (χ0) is 13.5. The van der Waals surface area contributed by atoms with E-state index in [0.29, 0.717) is 5.41 Å². The lowest BCUT2D eigenvalue weighted by Gasteiger charge is -2.33. The van der Waals surface area contributed by atoms with E-state index in [9.17, 15) is 5.11 Å². The highest BCUT2D eigenvalue weighted by atomic mass is 16.3. The molecule has 0 radical (unpaired) electrons. The van der Waals surface area contributed by atoms with E-state index in [2.05, 4.69) is 51.9 Å². The van der Waals surface area contributed by atoms with Gasteiger partial charge in [-0.1, -0.05) is 27.7 Å². The first-order valence-electron chi connectivity index (χ1n) is 6.77. The van der Waals surface area contributed by atoms with E-state index in [1.54, 1.807) is 0 Å². The maximum Gasteiger partial charge on any atom is 0.0611 e. The summed E-state index contributed by atoms with van der Waals surface area (Å²) < 4.78 is 0. The van der Waals surface area contributed by atoms with Crippen LogP contribution in [0.4, 0.5) is 0 Å². The number of hydrogen-bond donors (Lipinski definition) is 2. The molecular formula is C14H32N2O. The Morgan fingerprint density at radius 3 is 2.18 bits per heavy atom. The lowest BCUT2D eigenvalue weighted by atomic mass is 9.94. The molecule has 1 unspecified atom stereocenters. The molecule has 17 heavy (non-hydrogen) atoms. The van der Waals surface area contributed by atoms with Gasteiger partial charge in [0, 0.05) is 12.1 Å². The lowest BCUT2D eigenvalue weighted by Crippen LogP contribution is -2.48. The second-order valence-electron chi connectivity index (χ2n) is 6.69. The Kier molecular flexibility index (Phi) is 7.29. The molecule has 0 aliphatic heterocycles. The molecular weight excluding hydrogens is 212 g/mol. The number of rotatable bonds is 8. The molecule has 0 saturated heterocycles. The first kappa shape index (κ1) is 16.9. The largest absolute Gasteiger partial charge is 0.394 e. The molecule has 0 aromatic heterocycles. The third kappa shape index (κ3) is 8.58. The highest BCUT2D eigenvalue weighted by Gasteiger charge is 2.23. The van der Waals surface area contributed by atoms with Crippen molar-refractivity contribution in [2.24, 2.45) is 5.41 Å². The molecule has 0 aliphatic carbocycles. The Labute approximate surface area is 108 Å². The Morgan fingerprint density at radius 2 is 1.76 bits per heavy atom. The van der Waals surface area contributed by atoms with Gasteiger partial charge in [0.1, 0.15) is 0 Å². The van der Waals surface area contributed by atoms with Crippen LogP contribution in [0.15, 0.2) is 0 Å². The molecule has 0 heterocycles. The van der Waals surface area contributed by atoms with Crippen LogP contribution in [0.3, 0.4) is 0 Å². The monoisotopic (exact) mass is 244 g/mol. The number of nitrogens with zero attached hydrogens (tertiary/aromatic N) is 1. The van der Waals surface area contributed by atoms with Crippen LogP contribution >= 0.6 is 0 Å². The van der Waals surface area contributed by atoms with Gasteiger partial charge in [0.15, 0.2) is 0 Å². The summed E-state index contributed by atoms with van der Waals surface area (Å²) in [6, 6.07) is 0. The molecule has 0 aromatic carbocycles. The van der Waals surface area contributed by atoms with Crippen LogP contribution < -0.4 is 5.32 Å². The van der Waals surface area contributed by atoms with Crippen molar-refractivity contribution < 1.29 is 5.11 Å². The molecule has 0 fully saturated rings. The molecule has 1 atom stereocenters. The minimum atomic E-state index is -0.137. The summed E-state index contributed by atoms with van der Waals surface area (Å²) in [5.74, 6) is 0. The van der Waals surface area contributed by atoms with E-state index in [4.69, 9.17) is 0 Å². The molecule has 0 bridgehead atoms. The van der Waals surface area contributed by atoms with E-state index < -0.39 is 0 Å². The van der Waals surface area contributed by atoms with Crippen molar-refractivity contribution >= 4 is 0 Å². The predicted octanol–water partition coefficient (Wildman–Crippen LogP) is 2.10. The van der Waals surface area contributed by atoms with Gasteiger partial charge in [-0.05, 0) is 45.3 Å². The van der Waals surface area contributed by atoms with Crippen LogP contribution in [0.1, 0.15) is 47.5 Å². The maximum atomic E-state index is 9.48.